The van der Waals surface area contributed by atoms with Gasteiger partial charge in [-0.25, -0.2) is 0 Å². The van der Waals surface area contributed by atoms with Crippen LogP contribution in [0.25, 0.3) is 66.1 Å². The van der Waals surface area contributed by atoms with Gasteiger partial charge in [-0.1, -0.05) is 54.6 Å². The highest BCUT2D eigenvalue weighted by Crippen LogP contribution is 2.33. The summed E-state index contributed by atoms with van der Waals surface area (Å²) in [6.07, 6.45) is 7.55. The van der Waals surface area contributed by atoms with E-state index in [0.29, 0.717) is 0 Å². The zero-order chi connectivity index (χ0) is 25.1. The predicted octanol–water partition coefficient (Wildman–Crippen LogP) is 7.94. The van der Waals surface area contributed by atoms with Crippen molar-refractivity contribution in [2.24, 2.45) is 0 Å². The third kappa shape index (κ3) is 3.00. The smallest absolute Gasteiger partial charge is 0.0632 e. The topological polar surface area (TPSA) is 35.6 Å². The molecule has 0 fully saturated rings. The van der Waals surface area contributed by atoms with Gasteiger partial charge in [0.1, 0.15) is 0 Å². The maximum absolute atomic E-state index is 4.36. The van der Waals surface area contributed by atoms with Gasteiger partial charge in [0, 0.05) is 52.3 Å². The largest absolute Gasteiger partial charge is 0.309 e. The first-order valence-electron chi connectivity index (χ1n) is 12.6. The summed E-state index contributed by atoms with van der Waals surface area (Å²) in [5, 5.41) is 4.50. The highest BCUT2D eigenvalue weighted by molar-refractivity contribution is 6.09. The Bertz CT molecular complexity index is 1850. The molecule has 4 heteroatoms. The van der Waals surface area contributed by atoms with Crippen molar-refractivity contribution in [3.63, 3.8) is 0 Å². The molecule has 0 aliphatic carbocycles. The minimum Gasteiger partial charge on any atom is -0.309 e. The number of pyridine rings is 2. The minimum absolute atomic E-state index is 1.04. The second-order valence-corrected chi connectivity index (χ2v) is 9.43. The summed E-state index contributed by atoms with van der Waals surface area (Å²) in [5.74, 6) is 0. The number of fused-ring (bicyclic) bond motifs is 6. The molecule has 0 N–H and O–H groups in total. The molecule has 8 rings (SSSR count). The van der Waals surface area contributed by atoms with Crippen LogP contribution in [0.3, 0.4) is 0 Å². The standard InChI is InChI=1S/C34H20N4/c1-3-7-31-27(5-1)29-21-35-19-17-33(29)37(31)25-13-9-23(10-14-25)24-11-15-26(16-12-24)38-32-8-4-2-6-28(32)30-22-36-20-18-34(30)38/h1,3-5,7-22H. The van der Waals surface area contributed by atoms with E-state index in [1.54, 1.807) is 0 Å². The number of hydrogen-bond donors (Lipinski definition) is 0. The van der Waals surface area contributed by atoms with E-state index in [9.17, 15) is 0 Å². The lowest BCUT2D eigenvalue weighted by molar-refractivity contribution is 1.17. The number of rotatable bonds is 3. The van der Waals surface area contributed by atoms with E-state index < -0.39 is 0 Å². The van der Waals surface area contributed by atoms with Gasteiger partial charge in [-0.15, -0.1) is 0 Å². The van der Waals surface area contributed by atoms with E-state index in [1.165, 1.54) is 27.4 Å². The van der Waals surface area contributed by atoms with Crippen LogP contribution in [0, 0.1) is 12.1 Å². The number of nitrogens with zero attached hydrogens (tertiary/aromatic N) is 4. The highest BCUT2D eigenvalue weighted by atomic mass is 15.0. The van der Waals surface area contributed by atoms with Gasteiger partial charge in [0.2, 0.25) is 0 Å². The summed E-state index contributed by atoms with van der Waals surface area (Å²) in [6.45, 7) is 0. The SMILES string of the molecule is c1ccc2c(c#1)c1cnccc1n2-c1ccc(-c2ccc(-n3c4ccccc4c4cnccc43)cc2)cc1. The van der Waals surface area contributed by atoms with Crippen molar-refractivity contribution in [2.75, 3.05) is 0 Å². The van der Waals surface area contributed by atoms with E-state index in [2.05, 4.69) is 122 Å². The maximum atomic E-state index is 4.36. The fraction of sp³-hybridized carbons (Fsp3) is 0. The van der Waals surface area contributed by atoms with Gasteiger partial charge in [-0.2, -0.15) is 0 Å². The van der Waals surface area contributed by atoms with Crippen molar-refractivity contribution >= 4 is 43.6 Å². The van der Waals surface area contributed by atoms with Gasteiger partial charge in [0.05, 0.1) is 27.5 Å². The molecule has 0 radical (unpaired) electrons. The van der Waals surface area contributed by atoms with Crippen LogP contribution in [0.1, 0.15) is 0 Å². The molecule has 0 atom stereocenters. The van der Waals surface area contributed by atoms with Crippen LogP contribution in [0.2, 0.25) is 0 Å². The van der Waals surface area contributed by atoms with Crippen molar-refractivity contribution in [3.05, 3.63) is 134 Å². The molecule has 8 aromatic rings. The van der Waals surface area contributed by atoms with Crippen LogP contribution >= 0.6 is 0 Å². The average molecular weight is 485 g/mol. The molecular formula is C34H20N4. The van der Waals surface area contributed by atoms with Gasteiger partial charge in [-0.3, -0.25) is 9.97 Å². The Kier molecular flexibility index (Phi) is 4.40. The molecule has 0 bridgehead atoms. The Morgan fingerprint density at radius 1 is 0.500 bits per heavy atom. The summed E-state index contributed by atoms with van der Waals surface area (Å²) in [7, 11) is 0. The molecule has 0 saturated heterocycles. The van der Waals surface area contributed by atoms with Gasteiger partial charge in [0.25, 0.3) is 0 Å². The summed E-state index contributed by atoms with van der Waals surface area (Å²) in [6, 6.07) is 40.5. The fourth-order valence-electron chi connectivity index (χ4n) is 5.66. The highest BCUT2D eigenvalue weighted by Gasteiger charge is 2.13. The molecule has 0 amide bonds. The average Bonchev–Trinajstić information content (AvgIpc) is 3.51. The van der Waals surface area contributed by atoms with E-state index in [1.807, 2.05) is 30.9 Å². The second kappa shape index (κ2) is 8.06. The fourth-order valence-corrected chi connectivity index (χ4v) is 5.66. The van der Waals surface area contributed by atoms with Crippen LogP contribution < -0.4 is 0 Å². The normalized spacial score (nSPS) is 11.5. The van der Waals surface area contributed by atoms with E-state index in [4.69, 9.17) is 0 Å². The van der Waals surface area contributed by atoms with Crippen molar-refractivity contribution in [3.8, 4) is 22.5 Å². The molecule has 38 heavy (non-hydrogen) atoms. The Morgan fingerprint density at radius 3 is 1.79 bits per heavy atom. The van der Waals surface area contributed by atoms with Gasteiger partial charge in [0.15, 0.2) is 0 Å². The van der Waals surface area contributed by atoms with Gasteiger partial charge in [-0.05, 0) is 65.7 Å². The monoisotopic (exact) mass is 484 g/mol. The lowest BCUT2D eigenvalue weighted by atomic mass is 10.0. The van der Waals surface area contributed by atoms with Crippen LogP contribution in [-0.4, -0.2) is 19.1 Å². The molecule has 0 aliphatic rings. The number of benzene rings is 3. The number of hydrogen-bond acceptors (Lipinski definition) is 2. The van der Waals surface area contributed by atoms with Crippen LogP contribution in [0.5, 0.6) is 0 Å². The lowest BCUT2D eigenvalue weighted by Gasteiger charge is -2.11. The molecule has 0 spiro atoms. The van der Waals surface area contributed by atoms with Gasteiger partial charge >= 0.3 is 0 Å². The minimum atomic E-state index is 1.04. The zero-order valence-electron chi connectivity index (χ0n) is 20.3. The molecule has 4 heterocycles. The van der Waals surface area contributed by atoms with Gasteiger partial charge < -0.3 is 9.13 Å². The van der Waals surface area contributed by atoms with E-state index in [0.717, 1.165) is 38.7 Å². The number of aromatic nitrogens is 4. The molecule has 4 aromatic carbocycles. The first kappa shape index (κ1) is 20.8. The maximum Gasteiger partial charge on any atom is 0.0632 e. The van der Waals surface area contributed by atoms with Crippen molar-refractivity contribution in [1.29, 1.82) is 0 Å². The molecule has 0 unspecified atom stereocenters. The summed E-state index contributed by atoms with van der Waals surface area (Å²) in [4.78, 5) is 8.69. The molecule has 4 nitrogen and oxygen atoms in total. The van der Waals surface area contributed by atoms with E-state index in [-0.39, 0.29) is 0 Å². The summed E-state index contributed by atoms with van der Waals surface area (Å²) < 4.78 is 4.57. The quantitative estimate of drug-likeness (QED) is 0.255. The summed E-state index contributed by atoms with van der Waals surface area (Å²) in [5.41, 5.74) is 9.16. The lowest BCUT2D eigenvalue weighted by Crippen LogP contribution is -1.94. The van der Waals surface area contributed by atoms with Crippen LogP contribution in [-0.2, 0) is 0 Å². The van der Waals surface area contributed by atoms with E-state index >= 15 is 0 Å². The Balaban J connectivity index is 1.20. The molecule has 0 aliphatic heterocycles. The molecule has 4 aromatic heterocycles. The number of para-hydroxylation sites is 1. The Morgan fingerprint density at radius 2 is 1.08 bits per heavy atom. The van der Waals surface area contributed by atoms with Crippen molar-refractivity contribution < 1.29 is 0 Å². The Hall–Kier alpha value is -5.40. The summed E-state index contributed by atoms with van der Waals surface area (Å²) >= 11 is 0. The van der Waals surface area contributed by atoms with Crippen LogP contribution in [0.15, 0.2) is 122 Å². The first-order valence-corrected chi connectivity index (χ1v) is 12.6. The Labute approximate surface area is 219 Å². The zero-order valence-corrected chi connectivity index (χ0v) is 20.3. The second-order valence-electron chi connectivity index (χ2n) is 9.43. The van der Waals surface area contributed by atoms with Crippen molar-refractivity contribution in [1.82, 2.24) is 19.1 Å². The van der Waals surface area contributed by atoms with Crippen LogP contribution in [0.4, 0.5) is 0 Å². The predicted molar refractivity (Wildman–Crippen MR) is 154 cm³/mol. The molecule has 0 saturated carbocycles. The molecular weight excluding hydrogens is 464 g/mol. The first-order chi connectivity index (χ1) is 18.9. The molecule has 176 valence electrons. The van der Waals surface area contributed by atoms with Crippen molar-refractivity contribution in [2.45, 2.75) is 0 Å². The third-order valence-electron chi connectivity index (χ3n) is 7.39. The third-order valence-corrected chi connectivity index (χ3v) is 7.39.